The van der Waals surface area contributed by atoms with E-state index in [0.29, 0.717) is 5.75 Å². The first-order valence-electron chi connectivity index (χ1n) is 3.46. The van der Waals surface area contributed by atoms with Crippen LogP contribution in [0.1, 0.15) is 11.1 Å². The summed E-state index contributed by atoms with van der Waals surface area (Å²) in [4.78, 5) is 0. The highest BCUT2D eigenvalue weighted by Gasteiger charge is 2.05. The van der Waals surface area contributed by atoms with E-state index in [0.717, 1.165) is 5.56 Å². The Morgan fingerprint density at radius 1 is 1.58 bits per heavy atom. The highest BCUT2D eigenvalue weighted by atomic mass is 32.2. The second-order valence-corrected chi connectivity index (χ2v) is 3.18. The molecule has 1 aromatic rings. The maximum Gasteiger partial charge on any atom is 0.141 e. The monoisotopic (exact) mass is 181 g/mol. The minimum atomic E-state index is -0.427. The minimum absolute atomic E-state index is 0.173. The minimum Gasteiger partial charge on any atom is -0.206 e. The molecule has 0 radical (unpaired) electrons. The lowest BCUT2D eigenvalue weighted by atomic mass is 10.1. The van der Waals surface area contributed by atoms with Crippen molar-refractivity contribution in [3.8, 4) is 6.07 Å². The Hall–Kier alpha value is -1.01. The largest absolute Gasteiger partial charge is 0.206 e. The van der Waals surface area contributed by atoms with Gasteiger partial charge >= 0.3 is 0 Å². The summed E-state index contributed by atoms with van der Waals surface area (Å²) in [5.41, 5.74) is 0.942. The molecule has 12 heavy (non-hydrogen) atoms. The number of thioether (sulfide) groups is 1. The Labute approximate surface area is 75.2 Å². The van der Waals surface area contributed by atoms with E-state index in [9.17, 15) is 4.39 Å². The first-order chi connectivity index (χ1) is 5.79. The van der Waals surface area contributed by atoms with Crippen molar-refractivity contribution in [2.75, 3.05) is 6.26 Å². The Morgan fingerprint density at radius 3 is 2.92 bits per heavy atom. The average Bonchev–Trinajstić information content (AvgIpc) is 2.05. The standard InChI is InChI=1S/C9H8FNS/c1-12-6-7-3-2-4-9(10)8(7)5-11/h2-4H,6H2,1H3. The fourth-order valence-electron chi connectivity index (χ4n) is 0.970. The van der Waals surface area contributed by atoms with Gasteiger partial charge in [0.1, 0.15) is 11.9 Å². The molecule has 0 aliphatic carbocycles. The highest BCUT2D eigenvalue weighted by molar-refractivity contribution is 7.97. The van der Waals surface area contributed by atoms with Crippen molar-refractivity contribution in [3.05, 3.63) is 35.1 Å². The fraction of sp³-hybridized carbons (Fsp3) is 0.222. The molecular formula is C9H8FNS. The van der Waals surface area contributed by atoms with Gasteiger partial charge < -0.3 is 0 Å². The molecule has 1 nitrogen and oxygen atoms in total. The van der Waals surface area contributed by atoms with Gasteiger partial charge in [-0.2, -0.15) is 17.0 Å². The summed E-state index contributed by atoms with van der Waals surface area (Å²) in [5.74, 6) is 0.254. The van der Waals surface area contributed by atoms with Crippen molar-refractivity contribution in [2.24, 2.45) is 0 Å². The van der Waals surface area contributed by atoms with Crippen LogP contribution in [0.15, 0.2) is 18.2 Å². The molecule has 0 N–H and O–H groups in total. The van der Waals surface area contributed by atoms with Crippen LogP contribution in [-0.4, -0.2) is 6.26 Å². The van der Waals surface area contributed by atoms with E-state index in [-0.39, 0.29) is 5.56 Å². The molecule has 0 fully saturated rings. The quantitative estimate of drug-likeness (QED) is 0.700. The van der Waals surface area contributed by atoms with Gasteiger partial charge in [-0.15, -0.1) is 0 Å². The molecule has 0 aliphatic heterocycles. The summed E-state index contributed by atoms with van der Waals surface area (Å²) in [7, 11) is 0. The van der Waals surface area contributed by atoms with Crippen LogP contribution in [0.3, 0.4) is 0 Å². The van der Waals surface area contributed by atoms with Crippen LogP contribution < -0.4 is 0 Å². The Balaban J connectivity index is 3.11. The molecule has 0 aliphatic rings. The zero-order valence-corrected chi connectivity index (χ0v) is 7.49. The summed E-state index contributed by atoms with van der Waals surface area (Å²) in [6.45, 7) is 0. The van der Waals surface area contributed by atoms with E-state index in [4.69, 9.17) is 5.26 Å². The summed E-state index contributed by atoms with van der Waals surface area (Å²) in [6.07, 6.45) is 1.92. The Morgan fingerprint density at radius 2 is 2.33 bits per heavy atom. The molecule has 62 valence electrons. The van der Waals surface area contributed by atoms with Gasteiger partial charge in [0.15, 0.2) is 0 Å². The van der Waals surface area contributed by atoms with Crippen LogP contribution in [-0.2, 0) is 5.75 Å². The molecule has 1 rings (SSSR count). The molecule has 0 saturated carbocycles. The molecule has 0 saturated heterocycles. The summed E-state index contributed by atoms with van der Waals surface area (Å²) < 4.78 is 12.9. The van der Waals surface area contributed by atoms with E-state index < -0.39 is 5.82 Å². The lowest BCUT2D eigenvalue weighted by Crippen LogP contribution is -1.90. The molecular weight excluding hydrogens is 173 g/mol. The van der Waals surface area contributed by atoms with Crippen molar-refractivity contribution in [1.29, 1.82) is 5.26 Å². The highest BCUT2D eigenvalue weighted by Crippen LogP contribution is 2.16. The fourth-order valence-corrected chi connectivity index (χ4v) is 1.52. The maximum absolute atomic E-state index is 12.9. The third kappa shape index (κ3) is 1.77. The van der Waals surface area contributed by atoms with E-state index >= 15 is 0 Å². The van der Waals surface area contributed by atoms with Crippen LogP contribution in [0, 0.1) is 17.1 Å². The third-order valence-electron chi connectivity index (χ3n) is 1.51. The lowest BCUT2D eigenvalue weighted by Gasteiger charge is -2.01. The second-order valence-electron chi connectivity index (χ2n) is 2.32. The predicted molar refractivity (Wildman–Crippen MR) is 48.3 cm³/mol. The number of nitriles is 1. The molecule has 3 heteroatoms. The number of hydrogen-bond acceptors (Lipinski definition) is 2. The number of hydrogen-bond donors (Lipinski definition) is 0. The van der Waals surface area contributed by atoms with Gasteiger partial charge in [0.25, 0.3) is 0 Å². The first-order valence-corrected chi connectivity index (χ1v) is 4.85. The number of benzene rings is 1. The molecule has 0 unspecified atom stereocenters. The summed E-state index contributed by atoms with van der Waals surface area (Å²) in [5, 5.41) is 8.63. The predicted octanol–water partition coefficient (Wildman–Crippen LogP) is 2.56. The van der Waals surface area contributed by atoms with Crippen molar-refractivity contribution < 1.29 is 4.39 Å². The van der Waals surface area contributed by atoms with Crippen molar-refractivity contribution in [2.45, 2.75) is 5.75 Å². The number of rotatable bonds is 2. The van der Waals surface area contributed by atoms with Gasteiger partial charge in [-0.25, -0.2) is 4.39 Å². The summed E-state index contributed by atoms with van der Waals surface area (Å²) >= 11 is 1.58. The molecule has 1 aromatic carbocycles. The van der Waals surface area contributed by atoms with Crippen molar-refractivity contribution >= 4 is 11.8 Å². The van der Waals surface area contributed by atoms with Gasteiger partial charge in [-0.05, 0) is 17.9 Å². The van der Waals surface area contributed by atoms with Gasteiger partial charge in [-0.1, -0.05) is 12.1 Å². The SMILES string of the molecule is CSCc1cccc(F)c1C#N. The molecule has 0 spiro atoms. The average molecular weight is 181 g/mol. The van der Waals surface area contributed by atoms with E-state index in [2.05, 4.69) is 0 Å². The van der Waals surface area contributed by atoms with Gasteiger partial charge in [0, 0.05) is 5.75 Å². The van der Waals surface area contributed by atoms with Crippen molar-refractivity contribution in [1.82, 2.24) is 0 Å². The van der Waals surface area contributed by atoms with Crippen LogP contribution >= 0.6 is 11.8 Å². The number of nitrogens with zero attached hydrogens (tertiary/aromatic N) is 1. The second kappa shape index (κ2) is 4.13. The smallest absolute Gasteiger partial charge is 0.141 e. The van der Waals surface area contributed by atoms with Gasteiger partial charge in [-0.3, -0.25) is 0 Å². The van der Waals surface area contributed by atoms with Crippen LogP contribution in [0.5, 0.6) is 0 Å². The third-order valence-corrected chi connectivity index (χ3v) is 2.11. The van der Waals surface area contributed by atoms with Crippen LogP contribution in [0.25, 0.3) is 0 Å². The van der Waals surface area contributed by atoms with Crippen LogP contribution in [0.2, 0.25) is 0 Å². The van der Waals surface area contributed by atoms with E-state index in [1.165, 1.54) is 6.07 Å². The molecule has 0 heterocycles. The van der Waals surface area contributed by atoms with Gasteiger partial charge in [0.05, 0.1) is 5.56 Å². The normalized spacial score (nSPS) is 9.42. The maximum atomic E-state index is 12.9. The molecule has 0 amide bonds. The van der Waals surface area contributed by atoms with Gasteiger partial charge in [0.2, 0.25) is 0 Å². The molecule has 0 bridgehead atoms. The zero-order valence-electron chi connectivity index (χ0n) is 6.67. The topological polar surface area (TPSA) is 23.8 Å². The lowest BCUT2D eigenvalue weighted by molar-refractivity contribution is 0.622. The Bertz CT molecular complexity index is 317. The molecule has 0 atom stereocenters. The van der Waals surface area contributed by atoms with E-state index in [1.54, 1.807) is 23.9 Å². The van der Waals surface area contributed by atoms with Crippen LogP contribution in [0.4, 0.5) is 4.39 Å². The Kier molecular flexibility index (Phi) is 3.12. The summed E-state index contributed by atoms with van der Waals surface area (Å²) in [6, 6.07) is 6.57. The van der Waals surface area contributed by atoms with Crippen molar-refractivity contribution in [3.63, 3.8) is 0 Å². The number of halogens is 1. The molecule has 0 aromatic heterocycles. The zero-order chi connectivity index (χ0) is 8.97. The first kappa shape index (κ1) is 9.08. The van der Waals surface area contributed by atoms with E-state index in [1.807, 2.05) is 12.3 Å².